The molecule has 0 aromatic carbocycles. The van der Waals surface area contributed by atoms with Gasteiger partial charge in [-0.25, -0.2) is 9.97 Å². The van der Waals surface area contributed by atoms with E-state index in [1.165, 1.54) is 6.26 Å². The van der Waals surface area contributed by atoms with Crippen LogP contribution in [0, 0.1) is 0 Å². The van der Waals surface area contributed by atoms with Crippen molar-refractivity contribution in [2.75, 3.05) is 37.6 Å². The number of H-pyrrole nitrogens is 1. The third kappa shape index (κ3) is 3.30. The zero-order valence-corrected chi connectivity index (χ0v) is 16.3. The second-order valence-electron chi connectivity index (χ2n) is 7.31. The van der Waals surface area contributed by atoms with E-state index in [0.29, 0.717) is 63.1 Å². The van der Waals surface area contributed by atoms with E-state index in [0.717, 1.165) is 11.3 Å². The number of hydrogen-bond acceptors (Lipinski definition) is 7. The number of nitrogens with zero attached hydrogens (tertiary/aromatic N) is 6. The molecule has 2 amide bonds. The Hall–Kier alpha value is -3.69. The molecule has 5 rings (SSSR count). The molecule has 5 heterocycles. The van der Waals surface area contributed by atoms with Crippen molar-refractivity contribution >= 4 is 17.8 Å². The number of rotatable bonds is 3. The lowest BCUT2D eigenvalue weighted by Gasteiger charge is -2.34. The van der Waals surface area contributed by atoms with Crippen LogP contribution in [-0.2, 0) is 13.0 Å². The normalized spacial score (nSPS) is 16.5. The minimum atomic E-state index is -0.160. The van der Waals surface area contributed by atoms with Crippen LogP contribution in [0.1, 0.15) is 32.3 Å². The Morgan fingerprint density at radius 3 is 2.50 bits per heavy atom. The summed E-state index contributed by atoms with van der Waals surface area (Å²) < 4.78 is 5.21. The molecule has 0 spiro atoms. The van der Waals surface area contributed by atoms with Gasteiger partial charge in [0.15, 0.2) is 11.5 Å². The van der Waals surface area contributed by atoms with Gasteiger partial charge < -0.3 is 19.1 Å². The van der Waals surface area contributed by atoms with Gasteiger partial charge in [-0.2, -0.15) is 5.10 Å². The minimum Gasteiger partial charge on any atom is -0.459 e. The lowest BCUT2D eigenvalue weighted by atomic mass is 10.0. The summed E-state index contributed by atoms with van der Waals surface area (Å²) in [6, 6.07) is 5.13. The summed E-state index contributed by atoms with van der Waals surface area (Å²) in [5.41, 5.74) is 2.16. The number of amides is 2. The third-order valence-corrected chi connectivity index (χ3v) is 5.56. The molecule has 2 aliphatic rings. The molecule has 0 atom stereocenters. The predicted molar refractivity (Wildman–Crippen MR) is 106 cm³/mol. The number of piperazine rings is 1. The summed E-state index contributed by atoms with van der Waals surface area (Å²) in [5, 5.41) is 7.25. The van der Waals surface area contributed by atoms with Gasteiger partial charge in [0.25, 0.3) is 11.8 Å². The highest BCUT2D eigenvalue weighted by Gasteiger charge is 2.31. The highest BCUT2D eigenvalue weighted by molar-refractivity contribution is 5.95. The molecular weight excluding hydrogens is 386 g/mol. The van der Waals surface area contributed by atoms with E-state index in [9.17, 15) is 9.59 Å². The number of aromatic amines is 1. The molecule has 154 valence electrons. The average molecular weight is 407 g/mol. The predicted octanol–water partition coefficient (Wildman–Crippen LogP) is 0.954. The van der Waals surface area contributed by atoms with E-state index < -0.39 is 0 Å². The van der Waals surface area contributed by atoms with Crippen LogP contribution < -0.4 is 4.90 Å². The van der Waals surface area contributed by atoms with Crippen molar-refractivity contribution in [3.05, 3.63) is 59.6 Å². The molecule has 10 heteroatoms. The van der Waals surface area contributed by atoms with Gasteiger partial charge in [0, 0.05) is 50.7 Å². The van der Waals surface area contributed by atoms with Crippen LogP contribution in [0.2, 0.25) is 0 Å². The summed E-state index contributed by atoms with van der Waals surface area (Å²) in [6.07, 6.45) is 5.50. The van der Waals surface area contributed by atoms with Crippen LogP contribution in [0.5, 0.6) is 0 Å². The van der Waals surface area contributed by atoms with Crippen molar-refractivity contribution in [1.29, 1.82) is 0 Å². The molecule has 10 nitrogen and oxygen atoms in total. The lowest BCUT2D eigenvalue weighted by Crippen LogP contribution is -2.49. The van der Waals surface area contributed by atoms with Gasteiger partial charge in [0.2, 0.25) is 5.95 Å². The molecule has 30 heavy (non-hydrogen) atoms. The number of fused-ring (bicyclic) bond motifs is 1. The van der Waals surface area contributed by atoms with Gasteiger partial charge in [0.1, 0.15) is 0 Å². The highest BCUT2D eigenvalue weighted by Crippen LogP contribution is 2.23. The van der Waals surface area contributed by atoms with Crippen LogP contribution in [-0.4, -0.2) is 74.5 Å². The fourth-order valence-corrected chi connectivity index (χ4v) is 3.94. The minimum absolute atomic E-state index is 0.0769. The number of anilines is 1. The molecule has 1 saturated heterocycles. The Morgan fingerprint density at radius 2 is 1.77 bits per heavy atom. The number of hydrogen-bond donors (Lipinski definition) is 1. The van der Waals surface area contributed by atoms with Crippen molar-refractivity contribution in [3.8, 4) is 0 Å². The maximum Gasteiger partial charge on any atom is 0.289 e. The Balaban J connectivity index is 1.25. The molecule has 0 saturated carbocycles. The van der Waals surface area contributed by atoms with E-state index in [2.05, 4.69) is 25.1 Å². The quantitative estimate of drug-likeness (QED) is 0.688. The monoisotopic (exact) mass is 407 g/mol. The van der Waals surface area contributed by atoms with Crippen LogP contribution >= 0.6 is 0 Å². The fourth-order valence-electron chi connectivity index (χ4n) is 3.94. The van der Waals surface area contributed by atoms with Gasteiger partial charge in [0.05, 0.1) is 18.5 Å². The second kappa shape index (κ2) is 7.62. The Labute approximate surface area is 172 Å². The first-order valence-corrected chi connectivity index (χ1v) is 9.91. The fraction of sp³-hybridized carbons (Fsp3) is 0.350. The number of furan rings is 1. The van der Waals surface area contributed by atoms with Crippen molar-refractivity contribution in [3.63, 3.8) is 0 Å². The maximum atomic E-state index is 13.1. The van der Waals surface area contributed by atoms with Gasteiger partial charge in [-0.15, -0.1) is 0 Å². The van der Waals surface area contributed by atoms with Gasteiger partial charge in [-0.05, 0) is 24.6 Å². The molecule has 0 aliphatic carbocycles. The summed E-state index contributed by atoms with van der Waals surface area (Å²) in [4.78, 5) is 39.7. The zero-order chi connectivity index (χ0) is 20.5. The Bertz CT molecular complexity index is 1040. The number of carbonyl (C=O) groups excluding carboxylic acids is 2. The first-order chi connectivity index (χ1) is 14.7. The van der Waals surface area contributed by atoms with E-state index in [-0.39, 0.29) is 11.8 Å². The van der Waals surface area contributed by atoms with Gasteiger partial charge in [-0.3, -0.25) is 14.7 Å². The van der Waals surface area contributed by atoms with Crippen LogP contribution in [0.4, 0.5) is 5.95 Å². The summed E-state index contributed by atoms with van der Waals surface area (Å²) in [7, 11) is 0. The zero-order valence-electron chi connectivity index (χ0n) is 16.3. The van der Waals surface area contributed by atoms with E-state index in [1.54, 1.807) is 35.5 Å². The van der Waals surface area contributed by atoms with E-state index in [4.69, 9.17) is 4.42 Å². The smallest absolute Gasteiger partial charge is 0.289 e. The van der Waals surface area contributed by atoms with E-state index >= 15 is 0 Å². The lowest BCUT2D eigenvalue weighted by molar-refractivity contribution is 0.0699. The van der Waals surface area contributed by atoms with Crippen molar-refractivity contribution < 1.29 is 14.0 Å². The molecule has 3 aromatic rings. The van der Waals surface area contributed by atoms with Crippen LogP contribution in [0.25, 0.3) is 0 Å². The number of nitrogens with one attached hydrogen (secondary N) is 1. The Morgan fingerprint density at radius 1 is 0.967 bits per heavy atom. The molecule has 0 bridgehead atoms. The maximum absolute atomic E-state index is 13.1. The summed E-state index contributed by atoms with van der Waals surface area (Å²) in [6.45, 7) is 3.42. The first-order valence-electron chi connectivity index (χ1n) is 9.91. The largest absolute Gasteiger partial charge is 0.459 e. The number of carbonyl (C=O) groups is 2. The summed E-state index contributed by atoms with van der Waals surface area (Å²) in [5.74, 6) is 0.761. The van der Waals surface area contributed by atoms with Gasteiger partial charge >= 0.3 is 0 Å². The highest BCUT2D eigenvalue weighted by atomic mass is 16.3. The molecule has 3 aromatic heterocycles. The van der Waals surface area contributed by atoms with Crippen LogP contribution in [0.15, 0.2) is 41.3 Å². The summed E-state index contributed by atoms with van der Waals surface area (Å²) >= 11 is 0. The average Bonchev–Trinajstić information content (AvgIpc) is 3.49. The molecule has 0 unspecified atom stereocenters. The molecule has 1 N–H and O–H groups in total. The van der Waals surface area contributed by atoms with Crippen molar-refractivity contribution in [2.45, 2.75) is 13.0 Å². The molecule has 2 aliphatic heterocycles. The topological polar surface area (TPSA) is 111 Å². The first kappa shape index (κ1) is 18.3. The third-order valence-electron chi connectivity index (χ3n) is 5.56. The molecule has 0 radical (unpaired) electrons. The van der Waals surface area contributed by atoms with Gasteiger partial charge in [-0.1, -0.05) is 0 Å². The Kier molecular flexibility index (Phi) is 4.66. The second-order valence-corrected chi connectivity index (χ2v) is 7.31. The molecule has 1 fully saturated rings. The SMILES string of the molecule is O=C(c1ccco1)N1CCc2c(C(=O)N3CCN(c4ncccn4)CC3)n[nH]c2C1. The van der Waals surface area contributed by atoms with Crippen molar-refractivity contribution in [2.24, 2.45) is 0 Å². The van der Waals surface area contributed by atoms with Crippen molar-refractivity contribution in [1.82, 2.24) is 30.0 Å². The van der Waals surface area contributed by atoms with Crippen LogP contribution in [0.3, 0.4) is 0 Å². The molecular formula is C20H21N7O3. The van der Waals surface area contributed by atoms with E-state index in [1.807, 2.05) is 4.90 Å². The number of aromatic nitrogens is 4. The standard InChI is InChI=1S/C20H21N7O3/c28-18(16-3-1-12-30-16)27-7-4-14-15(13-27)23-24-17(14)19(29)25-8-10-26(11-9-25)20-21-5-2-6-22-20/h1-3,5-6,12H,4,7-11,13H2,(H,23,24).